The fourth-order valence-electron chi connectivity index (χ4n) is 3.42. The number of benzene rings is 2. The molecular weight excluding hydrogens is 368 g/mol. The first-order chi connectivity index (χ1) is 13.2. The summed E-state index contributed by atoms with van der Waals surface area (Å²) in [6, 6.07) is 7.67. The second-order valence-electron chi connectivity index (χ2n) is 7.11. The largest absolute Gasteiger partial charge is 0.487 e. The van der Waals surface area contributed by atoms with E-state index in [0.717, 1.165) is 12.1 Å². The van der Waals surface area contributed by atoms with E-state index in [1.807, 2.05) is 6.92 Å². The van der Waals surface area contributed by atoms with Crippen LogP contribution in [0.4, 0.5) is 14.5 Å². The van der Waals surface area contributed by atoms with Gasteiger partial charge < -0.3 is 15.2 Å². The lowest BCUT2D eigenvalue weighted by Crippen LogP contribution is -2.33. The fourth-order valence-corrected chi connectivity index (χ4v) is 3.42. The second-order valence-corrected chi connectivity index (χ2v) is 7.11. The normalized spacial score (nSPS) is 19.1. The molecule has 2 aromatic rings. The molecule has 1 amide bonds. The third kappa shape index (κ3) is 3.69. The van der Waals surface area contributed by atoms with Crippen LogP contribution in [-0.4, -0.2) is 23.1 Å². The molecule has 0 saturated carbocycles. The lowest BCUT2D eigenvalue weighted by molar-refractivity contribution is -0.120. The van der Waals surface area contributed by atoms with Gasteiger partial charge in [0.1, 0.15) is 5.82 Å². The number of nitrogens with one attached hydrogen (secondary N) is 1. The van der Waals surface area contributed by atoms with Gasteiger partial charge in [-0.1, -0.05) is 6.92 Å². The smallest absolute Gasteiger partial charge is 0.335 e. The molecule has 0 fully saturated rings. The van der Waals surface area contributed by atoms with Gasteiger partial charge in [0.15, 0.2) is 11.6 Å². The third-order valence-electron chi connectivity index (χ3n) is 5.22. The second kappa shape index (κ2) is 7.58. The van der Waals surface area contributed by atoms with E-state index >= 15 is 0 Å². The summed E-state index contributed by atoms with van der Waals surface area (Å²) in [6.07, 6.45) is 1.01. The Bertz CT molecular complexity index is 931. The number of carbonyl (C=O) groups is 2. The van der Waals surface area contributed by atoms with Gasteiger partial charge in [0, 0.05) is 11.8 Å². The number of rotatable bonds is 7. The summed E-state index contributed by atoms with van der Waals surface area (Å²) in [7, 11) is 0. The number of carbonyl (C=O) groups excluding carboxylic acids is 1. The van der Waals surface area contributed by atoms with Crippen molar-refractivity contribution >= 4 is 17.6 Å². The highest BCUT2D eigenvalue weighted by atomic mass is 19.1. The van der Waals surface area contributed by atoms with Crippen molar-refractivity contribution in [3.05, 3.63) is 59.2 Å². The number of carboxylic acids is 1. The van der Waals surface area contributed by atoms with Gasteiger partial charge in [0.25, 0.3) is 0 Å². The Morgan fingerprint density at radius 2 is 2.00 bits per heavy atom. The number of anilines is 1. The van der Waals surface area contributed by atoms with E-state index in [9.17, 15) is 23.5 Å². The first-order valence-electron chi connectivity index (χ1n) is 9.05. The van der Waals surface area contributed by atoms with Gasteiger partial charge in [0.2, 0.25) is 5.91 Å². The Hall–Kier alpha value is -2.96. The van der Waals surface area contributed by atoms with Crippen molar-refractivity contribution in [3.8, 4) is 5.75 Å². The number of hydrogen-bond acceptors (Lipinski definition) is 3. The molecule has 0 spiro atoms. The Balaban J connectivity index is 1.78. The molecule has 0 radical (unpaired) electrons. The average Bonchev–Trinajstić information content (AvgIpc) is 2.90. The zero-order valence-electron chi connectivity index (χ0n) is 15.6. The Morgan fingerprint density at radius 3 is 2.64 bits per heavy atom. The minimum Gasteiger partial charge on any atom is -0.487 e. The molecule has 148 valence electrons. The highest BCUT2D eigenvalue weighted by molar-refractivity contribution is 6.06. The van der Waals surface area contributed by atoms with Gasteiger partial charge in [-0.05, 0) is 62.1 Å². The summed E-state index contributed by atoms with van der Waals surface area (Å²) in [5, 5.41) is 12.0. The Morgan fingerprint density at radius 1 is 1.25 bits per heavy atom. The molecule has 0 saturated heterocycles. The molecule has 5 nitrogen and oxygen atoms in total. The van der Waals surface area contributed by atoms with E-state index in [1.54, 1.807) is 13.0 Å². The van der Waals surface area contributed by atoms with E-state index in [2.05, 4.69) is 5.32 Å². The molecule has 7 heteroatoms. The molecule has 0 unspecified atom stereocenters. The maximum atomic E-state index is 13.9. The van der Waals surface area contributed by atoms with Crippen LogP contribution in [0.25, 0.3) is 0 Å². The van der Waals surface area contributed by atoms with Crippen molar-refractivity contribution in [1.29, 1.82) is 0 Å². The summed E-state index contributed by atoms with van der Waals surface area (Å²) < 4.78 is 32.6. The van der Waals surface area contributed by atoms with Crippen molar-refractivity contribution in [3.63, 3.8) is 0 Å². The minimum absolute atomic E-state index is 0.0390. The van der Waals surface area contributed by atoms with Crippen LogP contribution in [0.15, 0.2) is 36.4 Å². The number of carboxylic acid groups (broad SMARTS) is 1. The lowest BCUT2D eigenvalue weighted by Gasteiger charge is -2.26. The van der Waals surface area contributed by atoms with Crippen LogP contribution in [-0.2, 0) is 10.2 Å². The molecule has 2 N–H and O–H groups in total. The summed E-state index contributed by atoms with van der Waals surface area (Å²) in [5.74, 6) is -2.78. The van der Waals surface area contributed by atoms with E-state index in [-0.39, 0.29) is 23.3 Å². The van der Waals surface area contributed by atoms with Crippen LogP contribution < -0.4 is 10.1 Å². The third-order valence-corrected chi connectivity index (χ3v) is 5.22. The summed E-state index contributed by atoms with van der Waals surface area (Å²) >= 11 is 0. The number of ether oxygens (including phenoxy) is 1. The number of halogens is 2. The average molecular weight is 389 g/mol. The van der Waals surface area contributed by atoms with Crippen molar-refractivity contribution < 1.29 is 28.2 Å². The lowest BCUT2D eigenvalue weighted by atomic mass is 9.78. The van der Waals surface area contributed by atoms with Crippen LogP contribution in [0.5, 0.6) is 5.75 Å². The standard InChI is InChI=1S/C21H21F2NO4/c1-3-14(28-18-7-5-13(22)11-16(18)23)8-9-21(2)15-10-12(19(25)26)4-6-17(15)24-20(21)27/h4-7,10-11,14H,3,8-9H2,1-2H3,(H,24,27)(H,25,26)/t14-,21-/m1/s1. The molecule has 2 atom stereocenters. The quantitative estimate of drug-likeness (QED) is 0.731. The number of fused-ring (bicyclic) bond motifs is 1. The van der Waals surface area contributed by atoms with Crippen LogP contribution in [0.2, 0.25) is 0 Å². The molecule has 0 aliphatic carbocycles. The van der Waals surface area contributed by atoms with Crippen molar-refractivity contribution in [1.82, 2.24) is 0 Å². The number of hydrogen-bond donors (Lipinski definition) is 2. The van der Waals surface area contributed by atoms with Gasteiger partial charge in [0.05, 0.1) is 17.1 Å². The van der Waals surface area contributed by atoms with Gasteiger partial charge in [-0.25, -0.2) is 13.6 Å². The predicted molar refractivity (Wildman–Crippen MR) is 99.7 cm³/mol. The molecule has 3 rings (SSSR count). The molecule has 1 aliphatic heterocycles. The van der Waals surface area contributed by atoms with E-state index in [0.29, 0.717) is 30.5 Å². The summed E-state index contributed by atoms with van der Waals surface area (Å²) in [5.41, 5.74) is 0.410. The highest BCUT2D eigenvalue weighted by Gasteiger charge is 2.43. The molecule has 2 aromatic carbocycles. The van der Waals surface area contributed by atoms with Crippen LogP contribution >= 0.6 is 0 Å². The fraction of sp³-hybridized carbons (Fsp3) is 0.333. The van der Waals surface area contributed by atoms with Gasteiger partial charge in [-0.3, -0.25) is 4.79 Å². The van der Waals surface area contributed by atoms with Crippen LogP contribution in [0.3, 0.4) is 0 Å². The first kappa shape index (κ1) is 19.8. The molecule has 0 bridgehead atoms. The monoisotopic (exact) mass is 389 g/mol. The maximum absolute atomic E-state index is 13.9. The van der Waals surface area contributed by atoms with E-state index < -0.39 is 23.0 Å². The molecule has 1 aliphatic rings. The van der Waals surface area contributed by atoms with Crippen LogP contribution in [0, 0.1) is 11.6 Å². The van der Waals surface area contributed by atoms with Crippen molar-refractivity contribution in [2.24, 2.45) is 0 Å². The number of amides is 1. The summed E-state index contributed by atoms with van der Waals surface area (Å²) in [4.78, 5) is 23.9. The number of aromatic carboxylic acids is 1. The zero-order valence-corrected chi connectivity index (χ0v) is 15.6. The van der Waals surface area contributed by atoms with E-state index in [1.165, 1.54) is 18.2 Å². The van der Waals surface area contributed by atoms with E-state index in [4.69, 9.17) is 4.74 Å². The van der Waals surface area contributed by atoms with Crippen molar-refractivity contribution in [2.75, 3.05) is 5.32 Å². The molecule has 28 heavy (non-hydrogen) atoms. The SMILES string of the molecule is CC[C@H](CC[C@@]1(C)C(=O)Nc2ccc(C(=O)O)cc21)Oc1ccc(F)cc1F. The molecular formula is C21H21F2NO4. The van der Waals surface area contributed by atoms with Crippen LogP contribution in [0.1, 0.15) is 49.0 Å². The minimum atomic E-state index is -1.06. The van der Waals surface area contributed by atoms with Gasteiger partial charge in [-0.15, -0.1) is 0 Å². The predicted octanol–water partition coefficient (Wildman–Crippen LogP) is 4.51. The first-order valence-corrected chi connectivity index (χ1v) is 9.05. The maximum Gasteiger partial charge on any atom is 0.335 e. The summed E-state index contributed by atoms with van der Waals surface area (Å²) in [6.45, 7) is 3.63. The molecule has 0 aromatic heterocycles. The Labute approximate surface area is 161 Å². The zero-order chi connectivity index (χ0) is 20.5. The molecule has 1 heterocycles. The topological polar surface area (TPSA) is 75.6 Å². The highest BCUT2D eigenvalue weighted by Crippen LogP contribution is 2.42. The van der Waals surface area contributed by atoms with Gasteiger partial charge in [-0.2, -0.15) is 0 Å². The van der Waals surface area contributed by atoms with Gasteiger partial charge >= 0.3 is 5.97 Å². The Kier molecular flexibility index (Phi) is 5.36. The van der Waals surface area contributed by atoms with Crippen molar-refractivity contribution in [2.45, 2.75) is 44.6 Å².